The molecule has 1 fully saturated rings. The quantitative estimate of drug-likeness (QED) is 0.773. The van der Waals surface area contributed by atoms with Crippen LogP contribution < -0.4 is 0 Å². The molecule has 0 bridgehead atoms. The molecule has 0 N–H and O–H groups in total. The maximum atomic E-state index is 12.5. The van der Waals surface area contributed by atoms with Crippen molar-refractivity contribution in [3.05, 3.63) is 28.0 Å². The van der Waals surface area contributed by atoms with Gasteiger partial charge >= 0.3 is 0 Å². The molecule has 3 nitrogen and oxygen atoms in total. The molecule has 2 heterocycles. The van der Waals surface area contributed by atoms with Gasteiger partial charge in [-0.2, -0.15) is 0 Å². The lowest BCUT2D eigenvalue weighted by Gasteiger charge is -2.20. The molecule has 2 rings (SSSR count). The van der Waals surface area contributed by atoms with Crippen LogP contribution in [-0.2, 0) is 0 Å². The smallest absolute Gasteiger partial charge is 0.274 e. The van der Waals surface area contributed by atoms with E-state index in [-0.39, 0.29) is 11.6 Å². The molecule has 0 saturated carbocycles. The zero-order valence-electron chi connectivity index (χ0n) is 11.7. The third-order valence-corrected chi connectivity index (χ3v) is 4.36. The molecule has 1 atom stereocenters. The number of carbonyl (C=O) groups excluding carboxylic acids is 1. The molecule has 5 heteroatoms. The molecule has 20 heavy (non-hydrogen) atoms. The molecular weight excluding hydrogens is 295 g/mol. The summed E-state index contributed by atoms with van der Waals surface area (Å²) in [5, 5.41) is 0.671. The lowest BCUT2D eigenvalue weighted by atomic mass is 9.96. The van der Waals surface area contributed by atoms with Gasteiger partial charge in [0.1, 0.15) is 10.8 Å². The first-order valence-corrected chi connectivity index (χ1v) is 7.98. The predicted molar refractivity (Wildman–Crippen MR) is 82.4 cm³/mol. The molecular formula is C15H20Cl2N2O. The minimum absolute atomic E-state index is 0.102. The lowest BCUT2D eigenvalue weighted by molar-refractivity contribution is 0.0754. The average Bonchev–Trinajstić information content (AvgIpc) is 2.67. The van der Waals surface area contributed by atoms with Gasteiger partial charge in [-0.15, -0.1) is 0 Å². The summed E-state index contributed by atoms with van der Waals surface area (Å²) in [6.45, 7) is 3.78. The van der Waals surface area contributed by atoms with Gasteiger partial charge in [0.15, 0.2) is 0 Å². The van der Waals surface area contributed by atoms with Crippen LogP contribution in [-0.4, -0.2) is 28.9 Å². The largest absolute Gasteiger partial charge is 0.337 e. The van der Waals surface area contributed by atoms with Crippen LogP contribution in [0.15, 0.2) is 12.1 Å². The summed E-state index contributed by atoms with van der Waals surface area (Å²) in [6.07, 6.45) is 5.78. The Bertz CT molecular complexity index is 479. The van der Waals surface area contributed by atoms with Crippen LogP contribution in [0.25, 0.3) is 0 Å². The number of amides is 1. The Labute approximate surface area is 130 Å². The Hall–Kier alpha value is -0.800. The molecule has 1 aliphatic rings. The van der Waals surface area contributed by atoms with E-state index in [1.807, 2.05) is 4.90 Å². The number of aromatic nitrogens is 1. The highest BCUT2D eigenvalue weighted by atomic mass is 35.5. The van der Waals surface area contributed by atoms with Gasteiger partial charge in [-0.05, 0) is 37.3 Å². The number of carbonyl (C=O) groups is 1. The number of pyridine rings is 1. The Morgan fingerprint density at radius 2 is 2.15 bits per heavy atom. The van der Waals surface area contributed by atoms with Crippen molar-refractivity contribution in [3.8, 4) is 0 Å². The van der Waals surface area contributed by atoms with E-state index in [0.717, 1.165) is 31.8 Å². The van der Waals surface area contributed by atoms with Crippen molar-refractivity contribution in [1.29, 1.82) is 0 Å². The molecule has 1 aliphatic heterocycles. The fourth-order valence-corrected chi connectivity index (χ4v) is 3.12. The van der Waals surface area contributed by atoms with E-state index in [0.29, 0.717) is 10.2 Å². The van der Waals surface area contributed by atoms with Crippen LogP contribution in [0.1, 0.15) is 49.5 Å². The second-order valence-electron chi connectivity index (χ2n) is 5.34. The summed E-state index contributed by atoms with van der Waals surface area (Å²) in [6, 6.07) is 3.22. The fourth-order valence-electron chi connectivity index (χ4n) is 2.78. The van der Waals surface area contributed by atoms with Gasteiger partial charge in [0, 0.05) is 13.1 Å². The summed E-state index contributed by atoms with van der Waals surface area (Å²) < 4.78 is 0. The highest BCUT2D eigenvalue weighted by molar-refractivity contribution is 6.34. The number of likely N-dealkylation sites (tertiary alicyclic amines) is 1. The van der Waals surface area contributed by atoms with Crippen molar-refractivity contribution in [2.24, 2.45) is 5.92 Å². The van der Waals surface area contributed by atoms with Crippen LogP contribution in [0.3, 0.4) is 0 Å². The van der Waals surface area contributed by atoms with Crippen LogP contribution in [0, 0.1) is 5.92 Å². The maximum absolute atomic E-state index is 12.5. The summed E-state index contributed by atoms with van der Waals surface area (Å²) in [5.41, 5.74) is 0.271. The molecule has 1 amide bonds. The van der Waals surface area contributed by atoms with Crippen LogP contribution >= 0.6 is 23.2 Å². The van der Waals surface area contributed by atoms with Crippen LogP contribution in [0.5, 0.6) is 0 Å². The first-order chi connectivity index (χ1) is 9.61. The molecule has 0 aromatic carbocycles. The number of hydrogen-bond donors (Lipinski definition) is 0. The zero-order valence-corrected chi connectivity index (χ0v) is 13.3. The summed E-state index contributed by atoms with van der Waals surface area (Å²) >= 11 is 11.9. The SMILES string of the molecule is CCCC1CCCN(C(=O)c2nc(Cl)ccc2Cl)CC1. The molecule has 110 valence electrons. The first-order valence-electron chi connectivity index (χ1n) is 7.23. The lowest BCUT2D eigenvalue weighted by Crippen LogP contribution is -2.32. The average molecular weight is 315 g/mol. The van der Waals surface area contributed by atoms with E-state index in [2.05, 4.69) is 11.9 Å². The molecule has 0 aliphatic carbocycles. The number of hydrogen-bond acceptors (Lipinski definition) is 2. The topological polar surface area (TPSA) is 33.2 Å². The van der Waals surface area contributed by atoms with Gasteiger partial charge in [0.05, 0.1) is 5.02 Å². The van der Waals surface area contributed by atoms with E-state index < -0.39 is 0 Å². The Morgan fingerprint density at radius 3 is 2.90 bits per heavy atom. The fraction of sp³-hybridized carbons (Fsp3) is 0.600. The number of halogens is 2. The third kappa shape index (κ3) is 3.86. The highest BCUT2D eigenvalue weighted by Gasteiger charge is 2.23. The molecule has 1 aromatic heterocycles. The van der Waals surface area contributed by atoms with E-state index in [1.54, 1.807) is 12.1 Å². The number of rotatable bonds is 3. The Balaban J connectivity index is 2.07. The third-order valence-electron chi connectivity index (χ3n) is 3.85. The van der Waals surface area contributed by atoms with Crippen LogP contribution in [0.2, 0.25) is 10.2 Å². The second kappa shape index (κ2) is 7.28. The summed E-state index contributed by atoms with van der Waals surface area (Å²) in [7, 11) is 0. The van der Waals surface area contributed by atoms with E-state index >= 15 is 0 Å². The minimum Gasteiger partial charge on any atom is -0.337 e. The minimum atomic E-state index is -0.102. The molecule has 1 aromatic rings. The van der Waals surface area contributed by atoms with Crippen molar-refractivity contribution in [2.45, 2.75) is 39.0 Å². The van der Waals surface area contributed by atoms with Gasteiger partial charge in [0.25, 0.3) is 5.91 Å². The summed E-state index contributed by atoms with van der Waals surface area (Å²) in [4.78, 5) is 18.4. The van der Waals surface area contributed by atoms with Crippen molar-refractivity contribution in [1.82, 2.24) is 9.88 Å². The van der Waals surface area contributed by atoms with Gasteiger partial charge in [-0.25, -0.2) is 4.98 Å². The number of nitrogens with zero attached hydrogens (tertiary/aromatic N) is 2. The van der Waals surface area contributed by atoms with Gasteiger partial charge < -0.3 is 4.90 Å². The van der Waals surface area contributed by atoms with Gasteiger partial charge in [0.2, 0.25) is 0 Å². The first kappa shape index (κ1) is 15.6. The van der Waals surface area contributed by atoms with Crippen LogP contribution in [0.4, 0.5) is 0 Å². The van der Waals surface area contributed by atoms with Crippen molar-refractivity contribution in [3.63, 3.8) is 0 Å². The van der Waals surface area contributed by atoms with Crippen molar-refractivity contribution < 1.29 is 4.79 Å². The van der Waals surface area contributed by atoms with Crippen molar-refractivity contribution >= 4 is 29.1 Å². The predicted octanol–water partition coefficient (Wildman–Crippen LogP) is 4.43. The monoisotopic (exact) mass is 314 g/mol. The Kier molecular flexibility index (Phi) is 5.67. The Morgan fingerprint density at radius 1 is 1.35 bits per heavy atom. The van der Waals surface area contributed by atoms with Gasteiger partial charge in [-0.1, -0.05) is 43.0 Å². The molecule has 0 radical (unpaired) electrons. The highest BCUT2D eigenvalue weighted by Crippen LogP contribution is 2.24. The maximum Gasteiger partial charge on any atom is 0.274 e. The molecule has 1 unspecified atom stereocenters. The molecule has 1 saturated heterocycles. The summed E-state index contributed by atoms with van der Waals surface area (Å²) in [5.74, 6) is 0.634. The van der Waals surface area contributed by atoms with E-state index in [1.165, 1.54) is 19.3 Å². The second-order valence-corrected chi connectivity index (χ2v) is 6.14. The normalized spacial score (nSPS) is 19.8. The van der Waals surface area contributed by atoms with Gasteiger partial charge in [-0.3, -0.25) is 4.79 Å². The zero-order chi connectivity index (χ0) is 14.5. The van der Waals surface area contributed by atoms with Crippen molar-refractivity contribution in [2.75, 3.05) is 13.1 Å². The van der Waals surface area contributed by atoms with E-state index in [4.69, 9.17) is 23.2 Å². The molecule has 0 spiro atoms. The standard InChI is InChI=1S/C15H20Cl2N2O/c1-2-4-11-5-3-9-19(10-8-11)15(20)14-12(16)6-7-13(17)18-14/h6-7,11H,2-5,8-10H2,1H3. The van der Waals surface area contributed by atoms with E-state index in [9.17, 15) is 4.79 Å².